The minimum atomic E-state index is -0.0844. The van der Waals surface area contributed by atoms with E-state index in [1.165, 1.54) is 0 Å². The van der Waals surface area contributed by atoms with Crippen LogP contribution in [-0.2, 0) is 4.79 Å². The lowest BCUT2D eigenvalue weighted by atomic mass is 10.1. The van der Waals surface area contributed by atoms with Gasteiger partial charge in [-0.05, 0) is 39.3 Å². The van der Waals surface area contributed by atoms with Gasteiger partial charge < -0.3 is 10.6 Å². The summed E-state index contributed by atoms with van der Waals surface area (Å²) in [6.07, 6.45) is 0.385. The van der Waals surface area contributed by atoms with Crippen molar-refractivity contribution in [2.75, 3.05) is 11.9 Å². The first-order chi connectivity index (χ1) is 8.83. The second kappa shape index (κ2) is 6.35. The first-order valence-electron chi connectivity index (χ1n) is 6.38. The molecule has 19 heavy (non-hydrogen) atoms. The van der Waals surface area contributed by atoms with Gasteiger partial charge in [0.1, 0.15) is 6.07 Å². The summed E-state index contributed by atoms with van der Waals surface area (Å²) in [6, 6.07) is 7.56. The Bertz CT molecular complexity index is 495. The molecule has 2 N–H and O–H groups in total. The Balaban J connectivity index is 2.59. The SMILES string of the molecule is Cc1cccc(NC(=O)CCNC(C)(C)C)c1C#N. The van der Waals surface area contributed by atoms with Gasteiger partial charge in [0.05, 0.1) is 11.3 Å². The van der Waals surface area contributed by atoms with Gasteiger partial charge in [0.15, 0.2) is 0 Å². The van der Waals surface area contributed by atoms with Crippen molar-refractivity contribution in [1.82, 2.24) is 5.32 Å². The molecule has 0 heterocycles. The summed E-state index contributed by atoms with van der Waals surface area (Å²) in [7, 11) is 0. The van der Waals surface area contributed by atoms with Gasteiger partial charge in [-0.3, -0.25) is 4.79 Å². The average molecular weight is 259 g/mol. The number of anilines is 1. The molecule has 4 heteroatoms. The molecule has 0 radical (unpaired) electrons. The van der Waals surface area contributed by atoms with E-state index in [9.17, 15) is 4.79 Å². The molecule has 1 aromatic rings. The number of carbonyl (C=O) groups is 1. The molecule has 0 saturated heterocycles. The number of nitrogens with zero attached hydrogens (tertiary/aromatic N) is 1. The normalized spacial score (nSPS) is 10.9. The van der Waals surface area contributed by atoms with E-state index < -0.39 is 0 Å². The molecule has 0 saturated carbocycles. The van der Waals surface area contributed by atoms with Gasteiger partial charge in [-0.15, -0.1) is 0 Å². The Kier molecular flexibility index (Phi) is 5.08. The second-order valence-electron chi connectivity index (χ2n) is 5.58. The maximum absolute atomic E-state index is 11.8. The smallest absolute Gasteiger partial charge is 0.225 e. The molecule has 0 fully saturated rings. The molecule has 1 aromatic carbocycles. The van der Waals surface area contributed by atoms with E-state index >= 15 is 0 Å². The van der Waals surface area contributed by atoms with Gasteiger partial charge in [0, 0.05) is 18.5 Å². The van der Waals surface area contributed by atoms with Gasteiger partial charge in [-0.25, -0.2) is 0 Å². The van der Waals surface area contributed by atoms with Crippen LogP contribution in [0.3, 0.4) is 0 Å². The zero-order chi connectivity index (χ0) is 14.5. The molecule has 0 aliphatic carbocycles. The van der Waals surface area contributed by atoms with E-state index in [0.29, 0.717) is 24.2 Å². The lowest BCUT2D eigenvalue weighted by Crippen LogP contribution is -2.37. The van der Waals surface area contributed by atoms with Gasteiger partial charge in [-0.2, -0.15) is 5.26 Å². The number of nitriles is 1. The Morgan fingerprint density at radius 3 is 2.63 bits per heavy atom. The van der Waals surface area contributed by atoms with Crippen LogP contribution < -0.4 is 10.6 Å². The van der Waals surface area contributed by atoms with E-state index in [4.69, 9.17) is 5.26 Å². The zero-order valence-electron chi connectivity index (χ0n) is 12.0. The Hall–Kier alpha value is -1.86. The molecular formula is C15H21N3O. The van der Waals surface area contributed by atoms with Crippen LogP contribution in [0.2, 0.25) is 0 Å². The van der Waals surface area contributed by atoms with E-state index in [1.807, 2.05) is 19.1 Å². The third-order valence-electron chi connectivity index (χ3n) is 2.67. The highest BCUT2D eigenvalue weighted by Crippen LogP contribution is 2.18. The number of benzene rings is 1. The highest BCUT2D eigenvalue weighted by Gasteiger charge is 2.11. The summed E-state index contributed by atoms with van der Waals surface area (Å²) in [6.45, 7) is 8.64. The topological polar surface area (TPSA) is 64.9 Å². The molecule has 0 unspecified atom stereocenters. The molecule has 102 valence electrons. The standard InChI is InChI=1S/C15H21N3O/c1-11-6-5-7-13(12(11)10-16)18-14(19)8-9-17-15(2,3)4/h5-7,17H,8-9H2,1-4H3,(H,18,19). The molecule has 1 amide bonds. The number of hydrogen-bond acceptors (Lipinski definition) is 3. The largest absolute Gasteiger partial charge is 0.325 e. The van der Waals surface area contributed by atoms with Crippen LogP contribution in [0.5, 0.6) is 0 Å². The lowest BCUT2D eigenvalue weighted by molar-refractivity contribution is -0.116. The average Bonchev–Trinajstić information content (AvgIpc) is 2.27. The molecule has 0 atom stereocenters. The first kappa shape index (κ1) is 15.2. The highest BCUT2D eigenvalue weighted by atomic mass is 16.1. The summed E-state index contributed by atoms with van der Waals surface area (Å²) >= 11 is 0. The first-order valence-corrected chi connectivity index (χ1v) is 6.38. The van der Waals surface area contributed by atoms with Crippen molar-refractivity contribution < 1.29 is 4.79 Å². The number of hydrogen-bond donors (Lipinski definition) is 2. The number of rotatable bonds is 4. The van der Waals surface area contributed by atoms with Gasteiger partial charge in [0.2, 0.25) is 5.91 Å². The predicted octanol–water partition coefficient (Wildman–Crippen LogP) is 2.58. The van der Waals surface area contributed by atoms with Gasteiger partial charge in [-0.1, -0.05) is 12.1 Å². The molecule has 4 nitrogen and oxygen atoms in total. The van der Waals surface area contributed by atoms with E-state index in [2.05, 4.69) is 37.5 Å². The Morgan fingerprint density at radius 2 is 2.05 bits per heavy atom. The zero-order valence-corrected chi connectivity index (χ0v) is 12.0. The van der Waals surface area contributed by atoms with Gasteiger partial charge >= 0.3 is 0 Å². The fraction of sp³-hybridized carbons (Fsp3) is 0.467. The van der Waals surface area contributed by atoms with Crippen LogP contribution in [0.1, 0.15) is 38.3 Å². The summed E-state index contributed by atoms with van der Waals surface area (Å²) in [4.78, 5) is 11.8. The van der Waals surface area contributed by atoms with Crippen LogP contribution in [0, 0.1) is 18.3 Å². The van der Waals surface area contributed by atoms with Crippen LogP contribution in [0.4, 0.5) is 5.69 Å². The number of nitrogens with one attached hydrogen (secondary N) is 2. The van der Waals surface area contributed by atoms with E-state index in [0.717, 1.165) is 5.56 Å². The number of aryl methyl sites for hydroxylation is 1. The fourth-order valence-corrected chi connectivity index (χ4v) is 1.68. The van der Waals surface area contributed by atoms with Crippen LogP contribution in [0.15, 0.2) is 18.2 Å². The minimum Gasteiger partial charge on any atom is -0.325 e. The third kappa shape index (κ3) is 5.11. The molecule has 0 aromatic heterocycles. The molecule has 0 aliphatic rings. The summed E-state index contributed by atoms with van der Waals surface area (Å²) < 4.78 is 0. The van der Waals surface area contributed by atoms with E-state index in [-0.39, 0.29) is 11.4 Å². The second-order valence-corrected chi connectivity index (χ2v) is 5.58. The van der Waals surface area contributed by atoms with Crippen molar-refractivity contribution in [1.29, 1.82) is 5.26 Å². The molecular weight excluding hydrogens is 238 g/mol. The van der Waals surface area contributed by atoms with Crippen molar-refractivity contribution in [2.24, 2.45) is 0 Å². The van der Waals surface area contributed by atoms with Crippen LogP contribution in [0.25, 0.3) is 0 Å². The highest BCUT2D eigenvalue weighted by molar-refractivity contribution is 5.92. The summed E-state index contributed by atoms with van der Waals surface area (Å²) in [5, 5.41) is 15.1. The van der Waals surface area contributed by atoms with E-state index in [1.54, 1.807) is 6.07 Å². The predicted molar refractivity (Wildman–Crippen MR) is 76.9 cm³/mol. The van der Waals surface area contributed by atoms with Crippen molar-refractivity contribution in [3.05, 3.63) is 29.3 Å². The molecule has 0 bridgehead atoms. The number of amides is 1. The molecule has 1 rings (SSSR count). The van der Waals surface area contributed by atoms with Crippen LogP contribution in [-0.4, -0.2) is 18.0 Å². The van der Waals surface area contributed by atoms with Crippen molar-refractivity contribution >= 4 is 11.6 Å². The Labute approximate surface area is 114 Å². The summed E-state index contributed by atoms with van der Waals surface area (Å²) in [5.41, 5.74) is 1.98. The monoisotopic (exact) mass is 259 g/mol. The molecule has 0 aliphatic heterocycles. The Morgan fingerprint density at radius 1 is 1.37 bits per heavy atom. The van der Waals surface area contributed by atoms with Gasteiger partial charge in [0.25, 0.3) is 0 Å². The maximum Gasteiger partial charge on any atom is 0.225 e. The lowest BCUT2D eigenvalue weighted by Gasteiger charge is -2.20. The van der Waals surface area contributed by atoms with Crippen molar-refractivity contribution in [3.8, 4) is 6.07 Å². The summed E-state index contributed by atoms with van der Waals surface area (Å²) in [5.74, 6) is -0.0844. The van der Waals surface area contributed by atoms with Crippen molar-refractivity contribution in [3.63, 3.8) is 0 Å². The van der Waals surface area contributed by atoms with Crippen LogP contribution >= 0.6 is 0 Å². The maximum atomic E-state index is 11.8. The third-order valence-corrected chi connectivity index (χ3v) is 2.67. The fourth-order valence-electron chi connectivity index (χ4n) is 1.68. The number of carbonyl (C=O) groups excluding carboxylic acids is 1. The minimum absolute atomic E-state index is 0.00142. The van der Waals surface area contributed by atoms with Crippen molar-refractivity contribution in [2.45, 2.75) is 39.7 Å². The quantitative estimate of drug-likeness (QED) is 0.873. The molecule has 0 spiro atoms.